The molecule has 0 radical (unpaired) electrons. The third-order valence-electron chi connectivity index (χ3n) is 6.92. The van der Waals surface area contributed by atoms with Gasteiger partial charge in [0.2, 0.25) is 0 Å². The summed E-state index contributed by atoms with van der Waals surface area (Å²) in [5.41, 5.74) is 7.16. The quantitative estimate of drug-likeness (QED) is 0.199. The molecule has 0 aliphatic carbocycles. The number of pyridine rings is 2. The molecule has 0 amide bonds. The molecule has 0 fully saturated rings. The summed E-state index contributed by atoms with van der Waals surface area (Å²) in [5.74, 6) is 1.54. The minimum atomic E-state index is 0. The maximum absolute atomic E-state index is 10.9. The predicted octanol–water partition coefficient (Wildman–Crippen LogP) is 7.48. The van der Waals surface area contributed by atoms with Crippen molar-refractivity contribution >= 4 is 39.5 Å². The second-order valence-electron chi connectivity index (χ2n) is 9.44. The molecule has 0 spiro atoms. The number of anilines is 5. The number of benzene rings is 3. The second kappa shape index (κ2) is 10.1. The van der Waals surface area contributed by atoms with Crippen LogP contribution < -0.4 is 14.5 Å². The molecule has 0 atom stereocenters. The standard InChI is InChI=1S/C31H27N4O2.Pt/c1-19(2)22-18-28(37-4)31(36)30-21(22)13-14-23(33-30)20-12-15-25-27(17-20)35(29-11-7-8-16-32-29)26-10-6-5-9-24(26)34(25)3;/h5-16,18-19,36H,1-4H3;/q-1;. The first-order valence-corrected chi connectivity index (χ1v) is 12.3. The van der Waals surface area contributed by atoms with Crippen molar-refractivity contribution in [1.82, 2.24) is 9.97 Å². The number of nitrogens with zero attached hydrogens (tertiary/aromatic N) is 4. The van der Waals surface area contributed by atoms with E-state index in [1.807, 2.05) is 54.6 Å². The molecule has 6 rings (SSSR count). The van der Waals surface area contributed by atoms with E-state index in [1.165, 1.54) is 0 Å². The summed E-state index contributed by atoms with van der Waals surface area (Å²) < 4.78 is 5.46. The van der Waals surface area contributed by atoms with Gasteiger partial charge in [-0.05, 0) is 58.9 Å². The molecule has 5 aromatic rings. The van der Waals surface area contributed by atoms with Crippen molar-refractivity contribution in [3.05, 3.63) is 90.6 Å². The summed E-state index contributed by atoms with van der Waals surface area (Å²) in [4.78, 5) is 13.8. The van der Waals surface area contributed by atoms with Gasteiger partial charge in [-0.3, -0.25) is 4.98 Å². The van der Waals surface area contributed by atoms with E-state index in [4.69, 9.17) is 9.72 Å². The number of phenolic OH excluding ortho intramolecular Hbond substituents is 1. The van der Waals surface area contributed by atoms with Crippen LogP contribution in [0.1, 0.15) is 25.3 Å². The fraction of sp³-hybridized carbons (Fsp3) is 0.161. The topological polar surface area (TPSA) is 61.7 Å². The molecule has 7 heteroatoms. The normalized spacial score (nSPS) is 12.2. The average molecular weight is 683 g/mol. The molecule has 0 unspecified atom stereocenters. The summed E-state index contributed by atoms with van der Waals surface area (Å²) >= 11 is 0. The minimum Gasteiger partial charge on any atom is -0.503 e. The van der Waals surface area contributed by atoms with Gasteiger partial charge in [-0.1, -0.05) is 44.2 Å². The Morgan fingerprint density at radius 2 is 1.68 bits per heavy atom. The van der Waals surface area contributed by atoms with Crippen LogP contribution in [0.15, 0.2) is 79.0 Å². The molecule has 1 N–H and O–H groups in total. The molecule has 3 aromatic carbocycles. The summed E-state index contributed by atoms with van der Waals surface area (Å²) in [6, 6.07) is 27.8. The van der Waals surface area contributed by atoms with Crippen LogP contribution in [-0.4, -0.2) is 29.2 Å². The first kappa shape index (κ1) is 25.7. The zero-order valence-electron chi connectivity index (χ0n) is 21.5. The van der Waals surface area contributed by atoms with Gasteiger partial charge in [0.15, 0.2) is 11.5 Å². The van der Waals surface area contributed by atoms with Gasteiger partial charge in [0.25, 0.3) is 0 Å². The van der Waals surface area contributed by atoms with Crippen LogP contribution in [-0.2, 0) is 21.1 Å². The van der Waals surface area contributed by atoms with Crippen molar-refractivity contribution in [3.63, 3.8) is 0 Å². The molecule has 194 valence electrons. The molecule has 0 saturated carbocycles. The van der Waals surface area contributed by atoms with Crippen LogP contribution >= 0.6 is 0 Å². The van der Waals surface area contributed by atoms with E-state index in [2.05, 4.69) is 59.9 Å². The Hall–Kier alpha value is -3.89. The molecule has 3 heterocycles. The van der Waals surface area contributed by atoms with Crippen molar-refractivity contribution in [3.8, 4) is 22.8 Å². The Balaban J connectivity index is 0.00000294. The number of fused-ring (bicyclic) bond motifs is 3. The van der Waals surface area contributed by atoms with Gasteiger partial charge >= 0.3 is 0 Å². The van der Waals surface area contributed by atoms with Crippen molar-refractivity contribution in [2.45, 2.75) is 19.8 Å². The number of aromatic hydroxyl groups is 1. The molecule has 38 heavy (non-hydrogen) atoms. The Morgan fingerprint density at radius 1 is 0.921 bits per heavy atom. The van der Waals surface area contributed by atoms with E-state index in [0.717, 1.165) is 50.8 Å². The summed E-state index contributed by atoms with van der Waals surface area (Å²) in [7, 11) is 3.62. The molecular weight excluding hydrogens is 655 g/mol. The maximum Gasteiger partial charge on any atom is 0.183 e. The van der Waals surface area contributed by atoms with Gasteiger partial charge in [0.1, 0.15) is 11.3 Å². The van der Waals surface area contributed by atoms with Gasteiger partial charge in [0, 0.05) is 39.7 Å². The number of hydrogen-bond acceptors (Lipinski definition) is 6. The van der Waals surface area contributed by atoms with Crippen molar-refractivity contribution in [2.75, 3.05) is 24.0 Å². The van der Waals surface area contributed by atoms with Gasteiger partial charge in [-0.25, -0.2) is 4.98 Å². The Kier molecular flexibility index (Phi) is 6.85. The number of phenols is 1. The Labute approximate surface area is 236 Å². The van der Waals surface area contributed by atoms with Gasteiger partial charge < -0.3 is 19.6 Å². The number of rotatable bonds is 4. The summed E-state index contributed by atoms with van der Waals surface area (Å²) in [6.07, 6.45) is 1.80. The van der Waals surface area contributed by atoms with Gasteiger partial charge in [-0.15, -0.1) is 23.8 Å². The molecule has 0 bridgehead atoms. The largest absolute Gasteiger partial charge is 0.503 e. The van der Waals surface area contributed by atoms with Crippen molar-refractivity contribution in [1.29, 1.82) is 0 Å². The summed E-state index contributed by atoms with van der Waals surface area (Å²) in [6.45, 7) is 4.24. The van der Waals surface area contributed by atoms with Crippen molar-refractivity contribution < 1.29 is 30.9 Å². The number of aromatic nitrogens is 2. The molecule has 6 nitrogen and oxygen atoms in total. The molecule has 2 aromatic heterocycles. The van der Waals surface area contributed by atoms with E-state index in [0.29, 0.717) is 11.3 Å². The zero-order valence-corrected chi connectivity index (χ0v) is 23.8. The summed E-state index contributed by atoms with van der Waals surface area (Å²) in [5, 5.41) is 11.8. The SMILES string of the molecule is COc1cc(C(C)C)c2ccc(-c3[c-]c4c(cc3)N(C)c3ccccc3N4c3ccccn3)nc2c1O.[Pt]. The fourth-order valence-corrected chi connectivity index (χ4v) is 5.04. The van der Waals surface area contributed by atoms with Gasteiger partial charge in [0.05, 0.1) is 18.5 Å². The van der Waals surface area contributed by atoms with E-state index >= 15 is 0 Å². The monoisotopic (exact) mass is 682 g/mol. The van der Waals surface area contributed by atoms with E-state index in [9.17, 15) is 5.11 Å². The molecule has 1 aliphatic heterocycles. The predicted molar refractivity (Wildman–Crippen MR) is 149 cm³/mol. The van der Waals surface area contributed by atoms with Crippen LogP contribution in [0, 0.1) is 6.07 Å². The Morgan fingerprint density at radius 3 is 2.39 bits per heavy atom. The molecular formula is C31H27N4O2Pt-. The van der Waals surface area contributed by atoms with Crippen LogP contribution in [0.4, 0.5) is 28.6 Å². The van der Waals surface area contributed by atoms with Crippen LogP contribution in [0.2, 0.25) is 0 Å². The second-order valence-corrected chi connectivity index (χ2v) is 9.44. The molecule has 0 saturated heterocycles. The minimum absolute atomic E-state index is 0. The van der Waals surface area contributed by atoms with Crippen LogP contribution in [0.3, 0.4) is 0 Å². The maximum atomic E-state index is 10.9. The van der Waals surface area contributed by atoms with Crippen LogP contribution in [0.25, 0.3) is 22.2 Å². The Bertz CT molecular complexity index is 1640. The van der Waals surface area contributed by atoms with E-state index in [1.54, 1.807) is 13.3 Å². The van der Waals surface area contributed by atoms with E-state index < -0.39 is 0 Å². The fourth-order valence-electron chi connectivity index (χ4n) is 5.04. The van der Waals surface area contributed by atoms with Crippen LogP contribution in [0.5, 0.6) is 11.5 Å². The van der Waals surface area contributed by atoms with Crippen molar-refractivity contribution in [2.24, 2.45) is 0 Å². The number of hydrogen-bond donors (Lipinski definition) is 1. The average Bonchev–Trinajstić information content (AvgIpc) is 2.93. The number of ether oxygens (including phenoxy) is 1. The first-order chi connectivity index (χ1) is 18.0. The first-order valence-electron chi connectivity index (χ1n) is 12.3. The molecule has 1 aliphatic rings. The third kappa shape index (κ3) is 4.09. The number of para-hydroxylation sites is 2. The van der Waals surface area contributed by atoms with Gasteiger partial charge in [-0.2, -0.15) is 0 Å². The van der Waals surface area contributed by atoms with E-state index in [-0.39, 0.29) is 32.7 Å². The zero-order chi connectivity index (χ0) is 25.7. The third-order valence-corrected chi connectivity index (χ3v) is 6.92. The smallest absolute Gasteiger partial charge is 0.183 e. The number of methoxy groups -OCH3 is 1.